The van der Waals surface area contributed by atoms with Gasteiger partial charge in [-0.15, -0.1) is 11.3 Å². The van der Waals surface area contributed by atoms with E-state index in [1.807, 2.05) is 55.5 Å². The summed E-state index contributed by atoms with van der Waals surface area (Å²) in [6.45, 7) is 2.02. The molecule has 0 atom stereocenters. The summed E-state index contributed by atoms with van der Waals surface area (Å²) in [5.74, 6) is -0.280. The lowest BCUT2D eigenvalue weighted by atomic mass is 10.0. The molecule has 2 aromatic heterocycles. The second-order valence-electron chi connectivity index (χ2n) is 7.74. The average Bonchev–Trinajstić information content (AvgIpc) is 3.31. The van der Waals surface area contributed by atoms with Crippen LogP contribution in [0.4, 0.5) is 10.8 Å². The number of anilines is 1. The first-order chi connectivity index (χ1) is 16.5. The Bertz CT molecular complexity index is 1540. The van der Waals surface area contributed by atoms with Gasteiger partial charge in [-0.05, 0) is 37.3 Å². The van der Waals surface area contributed by atoms with Gasteiger partial charge in [-0.25, -0.2) is 9.97 Å². The second kappa shape index (κ2) is 8.84. The van der Waals surface area contributed by atoms with Crippen LogP contribution >= 0.6 is 11.3 Å². The lowest BCUT2D eigenvalue weighted by Gasteiger charge is -2.10. The maximum Gasteiger partial charge on any atom is 0.269 e. The maximum absolute atomic E-state index is 13.3. The van der Waals surface area contributed by atoms with Crippen molar-refractivity contribution in [2.75, 3.05) is 5.32 Å². The number of fused-ring (bicyclic) bond motifs is 1. The molecule has 0 aliphatic carbocycles. The molecule has 5 rings (SSSR count). The molecule has 2 heterocycles. The van der Waals surface area contributed by atoms with E-state index in [1.54, 1.807) is 23.6 Å². The summed E-state index contributed by atoms with van der Waals surface area (Å²) in [7, 11) is 0. The van der Waals surface area contributed by atoms with Crippen LogP contribution in [0.1, 0.15) is 15.9 Å². The molecule has 0 unspecified atom stereocenters. The molecule has 0 spiro atoms. The van der Waals surface area contributed by atoms with Crippen LogP contribution in [0.5, 0.6) is 0 Å². The van der Waals surface area contributed by atoms with Gasteiger partial charge in [-0.2, -0.15) is 0 Å². The molecule has 0 radical (unpaired) electrons. The fraction of sp³-hybridized carbons (Fsp3) is 0.0385. The Balaban J connectivity index is 1.46. The summed E-state index contributed by atoms with van der Waals surface area (Å²) in [6.07, 6.45) is 0. The van der Waals surface area contributed by atoms with Crippen molar-refractivity contribution in [3.8, 4) is 22.5 Å². The number of para-hydroxylation sites is 1. The lowest BCUT2D eigenvalue weighted by molar-refractivity contribution is -0.384. The lowest BCUT2D eigenvalue weighted by Crippen LogP contribution is -2.13. The molecule has 1 amide bonds. The van der Waals surface area contributed by atoms with Gasteiger partial charge in [-0.3, -0.25) is 20.2 Å². The Morgan fingerprint density at radius 1 is 0.912 bits per heavy atom. The number of carbonyl (C=O) groups is 1. The fourth-order valence-corrected chi connectivity index (χ4v) is 4.41. The number of nitro groups is 1. The van der Waals surface area contributed by atoms with Crippen LogP contribution in [0.25, 0.3) is 33.4 Å². The Hall–Kier alpha value is -4.43. The highest BCUT2D eigenvalue weighted by Crippen LogP contribution is 2.29. The Morgan fingerprint density at radius 3 is 2.47 bits per heavy atom. The minimum absolute atomic E-state index is 0.0153. The van der Waals surface area contributed by atoms with Crippen LogP contribution in [0, 0.1) is 17.0 Å². The van der Waals surface area contributed by atoms with Gasteiger partial charge < -0.3 is 0 Å². The minimum atomic E-state index is -0.444. The maximum atomic E-state index is 13.3. The van der Waals surface area contributed by atoms with Gasteiger partial charge in [0.15, 0.2) is 5.13 Å². The summed E-state index contributed by atoms with van der Waals surface area (Å²) >= 11 is 1.29. The number of pyridine rings is 1. The predicted octanol–water partition coefficient (Wildman–Crippen LogP) is 6.49. The van der Waals surface area contributed by atoms with E-state index in [9.17, 15) is 14.9 Å². The predicted molar refractivity (Wildman–Crippen MR) is 134 cm³/mol. The van der Waals surface area contributed by atoms with Crippen molar-refractivity contribution < 1.29 is 9.72 Å². The van der Waals surface area contributed by atoms with E-state index in [1.165, 1.54) is 23.5 Å². The molecule has 0 saturated carbocycles. The number of non-ortho nitro benzene ring substituents is 1. The Kier molecular flexibility index (Phi) is 5.57. The highest BCUT2D eigenvalue weighted by molar-refractivity contribution is 7.14. The molecule has 0 saturated heterocycles. The average molecular weight is 467 g/mol. The van der Waals surface area contributed by atoms with E-state index in [4.69, 9.17) is 4.98 Å². The third-order valence-electron chi connectivity index (χ3n) is 5.37. The quantitative estimate of drug-likeness (QED) is 0.236. The summed E-state index contributed by atoms with van der Waals surface area (Å²) in [5.41, 5.74) is 5.40. The third kappa shape index (κ3) is 4.26. The first kappa shape index (κ1) is 21.4. The van der Waals surface area contributed by atoms with Gasteiger partial charge in [0, 0.05) is 34.0 Å². The van der Waals surface area contributed by atoms with E-state index >= 15 is 0 Å². The Morgan fingerprint density at radius 2 is 1.71 bits per heavy atom. The molecule has 5 aromatic rings. The summed E-state index contributed by atoms with van der Waals surface area (Å²) in [6, 6.07) is 23.5. The summed E-state index contributed by atoms with van der Waals surface area (Å²) < 4.78 is 0. The Labute approximate surface area is 198 Å². The van der Waals surface area contributed by atoms with Gasteiger partial charge in [-0.1, -0.05) is 42.0 Å². The van der Waals surface area contributed by atoms with Gasteiger partial charge in [0.1, 0.15) is 0 Å². The molecule has 3 aromatic carbocycles. The van der Waals surface area contributed by atoms with Crippen molar-refractivity contribution in [1.29, 1.82) is 0 Å². The molecule has 0 bridgehead atoms. The van der Waals surface area contributed by atoms with Gasteiger partial charge >= 0.3 is 0 Å². The summed E-state index contributed by atoms with van der Waals surface area (Å²) in [5, 5.41) is 16.8. The number of aromatic nitrogens is 2. The number of benzene rings is 3. The molecule has 0 aliphatic rings. The van der Waals surface area contributed by atoms with E-state index in [0.29, 0.717) is 16.4 Å². The standard InChI is InChI=1S/C26H18N4O3S/c1-16-5-4-6-18(13-16)23-14-21(20-7-2-3-8-22(20)27-23)25(31)29-26-28-24(15-34-26)17-9-11-19(12-10-17)30(32)33/h2-15H,1H3,(H,28,29,31). The molecule has 0 aliphatic heterocycles. The number of aryl methyl sites for hydroxylation is 1. The van der Waals surface area contributed by atoms with Crippen molar-refractivity contribution in [1.82, 2.24) is 9.97 Å². The number of nitrogens with one attached hydrogen (secondary N) is 1. The number of nitro benzene ring substituents is 1. The number of amides is 1. The van der Waals surface area contributed by atoms with Crippen LogP contribution in [-0.2, 0) is 0 Å². The zero-order valence-corrected chi connectivity index (χ0v) is 18.9. The number of rotatable bonds is 5. The third-order valence-corrected chi connectivity index (χ3v) is 6.13. The van der Waals surface area contributed by atoms with E-state index in [2.05, 4.69) is 10.3 Å². The van der Waals surface area contributed by atoms with Crippen molar-refractivity contribution in [3.05, 3.63) is 105 Å². The zero-order chi connectivity index (χ0) is 23.7. The molecular formula is C26H18N4O3S. The number of thiazole rings is 1. The van der Waals surface area contributed by atoms with E-state index < -0.39 is 4.92 Å². The minimum Gasteiger partial charge on any atom is -0.298 e. The molecule has 7 nitrogen and oxygen atoms in total. The molecule has 8 heteroatoms. The van der Waals surface area contributed by atoms with Crippen LogP contribution in [0.2, 0.25) is 0 Å². The van der Waals surface area contributed by atoms with Crippen molar-refractivity contribution in [2.45, 2.75) is 6.92 Å². The van der Waals surface area contributed by atoms with Crippen LogP contribution in [0.3, 0.4) is 0 Å². The van der Waals surface area contributed by atoms with Crippen LogP contribution in [-0.4, -0.2) is 20.8 Å². The largest absolute Gasteiger partial charge is 0.298 e. The van der Waals surface area contributed by atoms with Crippen molar-refractivity contribution in [2.24, 2.45) is 0 Å². The van der Waals surface area contributed by atoms with Gasteiger partial charge in [0.05, 0.1) is 27.4 Å². The smallest absolute Gasteiger partial charge is 0.269 e. The zero-order valence-electron chi connectivity index (χ0n) is 18.1. The molecule has 34 heavy (non-hydrogen) atoms. The number of hydrogen-bond acceptors (Lipinski definition) is 6. The number of hydrogen-bond donors (Lipinski definition) is 1. The van der Waals surface area contributed by atoms with Crippen molar-refractivity contribution in [3.63, 3.8) is 0 Å². The van der Waals surface area contributed by atoms with Crippen LogP contribution in [0.15, 0.2) is 84.2 Å². The summed E-state index contributed by atoms with van der Waals surface area (Å²) in [4.78, 5) is 33.0. The van der Waals surface area contributed by atoms with Gasteiger partial charge in [0.25, 0.3) is 11.6 Å². The first-order valence-electron chi connectivity index (χ1n) is 10.5. The monoisotopic (exact) mass is 466 g/mol. The number of carbonyl (C=O) groups excluding carboxylic acids is 1. The van der Waals surface area contributed by atoms with E-state index in [0.717, 1.165) is 33.3 Å². The first-order valence-corrected chi connectivity index (χ1v) is 11.3. The van der Waals surface area contributed by atoms with Crippen LogP contribution < -0.4 is 5.32 Å². The van der Waals surface area contributed by atoms with E-state index in [-0.39, 0.29) is 11.6 Å². The highest BCUT2D eigenvalue weighted by Gasteiger charge is 2.16. The fourth-order valence-electron chi connectivity index (χ4n) is 3.70. The second-order valence-corrected chi connectivity index (χ2v) is 8.60. The molecule has 0 fully saturated rings. The SMILES string of the molecule is Cc1cccc(-c2cc(C(=O)Nc3nc(-c4ccc([N+](=O)[O-])cc4)cs3)c3ccccc3n2)c1. The molecular weight excluding hydrogens is 448 g/mol. The normalized spacial score (nSPS) is 10.9. The molecule has 1 N–H and O–H groups in total. The topological polar surface area (TPSA) is 98.0 Å². The van der Waals surface area contributed by atoms with Crippen molar-refractivity contribution >= 4 is 39.0 Å². The molecule has 166 valence electrons. The number of nitrogens with zero attached hydrogens (tertiary/aromatic N) is 3. The van der Waals surface area contributed by atoms with Gasteiger partial charge in [0.2, 0.25) is 0 Å². The highest BCUT2D eigenvalue weighted by atomic mass is 32.1.